The minimum atomic E-state index is 0.0181. The molecule has 2 aromatic rings. The van der Waals surface area contributed by atoms with Gasteiger partial charge in [-0.15, -0.1) is 11.8 Å². The Hall–Kier alpha value is -2.14. The molecule has 0 aliphatic carbocycles. The van der Waals surface area contributed by atoms with Crippen molar-refractivity contribution in [2.45, 2.75) is 32.1 Å². The predicted octanol–water partition coefficient (Wildman–Crippen LogP) is 4.09. The summed E-state index contributed by atoms with van der Waals surface area (Å²) in [7, 11) is 0. The van der Waals surface area contributed by atoms with Gasteiger partial charge >= 0.3 is 0 Å². The molecule has 0 bridgehead atoms. The molecule has 1 amide bonds. The summed E-state index contributed by atoms with van der Waals surface area (Å²) in [6, 6.07) is 14.3. The lowest BCUT2D eigenvalue weighted by Gasteiger charge is -2.14. The first-order chi connectivity index (χ1) is 12.2. The second kappa shape index (κ2) is 8.30. The van der Waals surface area contributed by atoms with Crippen LogP contribution in [0.25, 0.3) is 0 Å². The SMILES string of the molecule is CCc1ccc([C@H](C)NC(=O)CSCc2ccc3c(c2)OCO3)cc1. The number of aryl methyl sites for hydroxylation is 1. The van der Waals surface area contributed by atoms with Crippen molar-refractivity contribution in [3.63, 3.8) is 0 Å². The number of rotatable bonds is 7. The zero-order valence-corrected chi connectivity index (χ0v) is 15.4. The van der Waals surface area contributed by atoms with Gasteiger partial charge in [-0.3, -0.25) is 4.79 Å². The maximum atomic E-state index is 12.2. The zero-order valence-electron chi connectivity index (χ0n) is 14.6. The van der Waals surface area contributed by atoms with E-state index in [4.69, 9.17) is 9.47 Å². The molecule has 1 aliphatic rings. The summed E-state index contributed by atoms with van der Waals surface area (Å²) in [6.45, 7) is 4.43. The molecule has 132 valence electrons. The van der Waals surface area contributed by atoms with Crippen molar-refractivity contribution in [3.05, 3.63) is 59.2 Å². The van der Waals surface area contributed by atoms with Crippen molar-refractivity contribution >= 4 is 17.7 Å². The van der Waals surface area contributed by atoms with Crippen LogP contribution < -0.4 is 14.8 Å². The molecule has 4 nitrogen and oxygen atoms in total. The van der Waals surface area contributed by atoms with Gasteiger partial charge in [-0.1, -0.05) is 37.3 Å². The van der Waals surface area contributed by atoms with Gasteiger partial charge in [0.25, 0.3) is 0 Å². The van der Waals surface area contributed by atoms with Crippen molar-refractivity contribution in [2.75, 3.05) is 12.5 Å². The number of carbonyl (C=O) groups excluding carboxylic acids is 1. The topological polar surface area (TPSA) is 47.6 Å². The second-order valence-electron chi connectivity index (χ2n) is 6.06. The van der Waals surface area contributed by atoms with E-state index in [0.717, 1.165) is 34.8 Å². The van der Waals surface area contributed by atoms with Crippen LogP contribution in [-0.2, 0) is 17.0 Å². The third kappa shape index (κ3) is 4.69. The summed E-state index contributed by atoms with van der Waals surface area (Å²) in [5.74, 6) is 2.83. The van der Waals surface area contributed by atoms with Crippen molar-refractivity contribution in [3.8, 4) is 11.5 Å². The summed E-state index contributed by atoms with van der Waals surface area (Å²) in [5, 5.41) is 3.06. The third-order valence-corrected chi connectivity index (χ3v) is 5.21. The first kappa shape index (κ1) is 17.7. The number of hydrogen-bond donors (Lipinski definition) is 1. The number of thioether (sulfide) groups is 1. The molecule has 0 saturated carbocycles. The van der Waals surface area contributed by atoms with Gasteiger partial charge in [0, 0.05) is 5.75 Å². The lowest BCUT2D eigenvalue weighted by atomic mass is 10.1. The number of ether oxygens (including phenoxy) is 2. The Morgan fingerprint density at radius 2 is 1.84 bits per heavy atom. The average Bonchev–Trinajstić information content (AvgIpc) is 3.09. The lowest BCUT2D eigenvalue weighted by molar-refractivity contribution is -0.119. The van der Waals surface area contributed by atoms with Crippen molar-refractivity contribution < 1.29 is 14.3 Å². The molecule has 1 aliphatic heterocycles. The number of nitrogens with one attached hydrogen (secondary N) is 1. The molecule has 1 N–H and O–H groups in total. The fourth-order valence-corrected chi connectivity index (χ4v) is 3.49. The van der Waals surface area contributed by atoms with Gasteiger partial charge in [-0.05, 0) is 42.2 Å². The fraction of sp³-hybridized carbons (Fsp3) is 0.350. The zero-order chi connectivity index (χ0) is 17.6. The number of benzene rings is 2. The molecule has 5 heteroatoms. The Morgan fingerprint density at radius 1 is 1.12 bits per heavy atom. The van der Waals surface area contributed by atoms with Gasteiger partial charge < -0.3 is 14.8 Å². The van der Waals surface area contributed by atoms with Crippen molar-refractivity contribution in [2.24, 2.45) is 0 Å². The maximum Gasteiger partial charge on any atom is 0.231 e. The first-order valence-electron chi connectivity index (χ1n) is 8.50. The van der Waals surface area contributed by atoms with Crippen LogP contribution in [0.2, 0.25) is 0 Å². The number of carbonyl (C=O) groups is 1. The second-order valence-corrected chi connectivity index (χ2v) is 7.05. The minimum absolute atomic E-state index is 0.0181. The largest absolute Gasteiger partial charge is 0.454 e. The summed E-state index contributed by atoms with van der Waals surface area (Å²) in [5.41, 5.74) is 3.57. The quantitative estimate of drug-likeness (QED) is 0.811. The highest BCUT2D eigenvalue weighted by Gasteiger charge is 2.14. The van der Waals surface area contributed by atoms with E-state index in [1.807, 2.05) is 25.1 Å². The Bertz CT molecular complexity index is 730. The van der Waals surface area contributed by atoms with E-state index >= 15 is 0 Å². The summed E-state index contributed by atoms with van der Waals surface area (Å²) < 4.78 is 10.7. The van der Waals surface area contributed by atoms with E-state index in [0.29, 0.717) is 5.75 Å². The fourth-order valence-electron chi connectivity index (χ4n) is 2.70. The Balaban J connectivity index is 1.44. The Morgan fingerprint density at radius 3 is 2.60 bits per heavy atom. The summed E-state index contributed by atoms with van der Waals surface area (Å²) in [6.07, 6.45) is 1.03. The number of fused-ring (bicyclic) bond motifs is 1. The summed E-state index contributed by atoms with van der Waals surface area (Å²) in [4.78, 5) is 12.2. The van der Waals surface area contributed by atoms with Gasteiger partial charge in [0.1, 0.15) is 0 Å². The highest BCUT2D eigenvalue weighted by atomic mass is 32.2. The van der Waals surface area contributed by atoms with Gasteiger partial charge in [0.05, 0.1) is 11.8 Å². The smallest absolute Gasteiger partial charge is 0.231 e. The standard InChI is InChI=1S/C20H23NO3S/c1-3-15-4-7-17(8-5-15)14(2)21-20(22)12-25-11-16-6-9-18-19(10-16)24-13-23-18/h4-10,14H,3,11-13H2,1-2H3,(H,21,22)/t14-/m0/s1. The molecule has 2 aromatic carbocycles. The van der Waals surface area contributed by atoms with Crippen LogP contribution in [0.3, 0.4) is 0 Å². The van der Waals surface area contributed by atoms with E-state index in [1.54, 1.807) is 11.8 Å². The average molecular weight is 357 g/mol. The highest BCUT2D eigenvalue weighted by molar-refractivity contribution is 7.99. The van der Waals surface area contributed by atoms with E-state index in [-0.39, 0.29) is 18.7 Å². The van der Waals surface area contributed by atoms with Gasteiger partial charge in [0.2, 0.25) is 12.7 Å². The summed E-state index contributed by atoms with van der Waals surface area (Å²) >= 11 is 1.59. The monoisotopic (exact) mass is 357 g/mol. The van der Waals surface area contributed by atoms with Crippen LogP contribution in [0.1, 0.15) is 36.6 Å². The van der Waals surface area contributed by atoms with Gasteiger partial charge in [0.15, 0.2) is 11.5 Å². The molecule has 0 aromatic heterocycles. The predicted molar refractivity (Wildman–Crippen MR) is 101 cm³/mol. The van der Waals surface area contributed by atoms with Crippen LogP contribution in [0.15, 0.2) is 42.5 Å². The molecular formula is C20H23NO3S. The van der Waals surface area contributed by atoms with E-state index < -0.39 is 0 Å². The van der Waals surface area contributed by atoms with Crippen LogP contribution in [0.4, 0.5) is 0 Å². The molecule has 0 spiro atoms. The molecule has 3 rings (SSSR count). The van der Waals surface area contributed by atoms with Crippen molar-refractivity contribution in [1.82, 2.24) is 5.32 Å². The maximum absolute atomic E-state index is 12.2. The molecule has 0 saturated heterocycles. The van der Waals surface area contributed by atoms with Crippen LogP contribution >= 0.6 is 11.8 Å². The molecule has 1 heterocycles. The molecule has 0 fully saturated rings. The third-order valence-electron chi connectivity index (χ3n) is 4.20. The first-order valence-corrected chi connectivity index (χ1v) is 9.65. The normalized spacial score (nSPS) is 13.5. The molecule has 0 radical (unpaired) electrons. The van der Waals surface area contributed by atoms with Crippen LogP contribution in [-0.4, -0.2) is 18.5 Å². The van der Waals surface area contributed by atoms with Crippen molar-refractivity contribution in [1.29, 1.82) is 0 Å². The van der Waals surface area contributed by atoms with E-state index in [9.17, 15) is 4.79 Å². The van der Waals surface area contributed by atoms with Gasteiger partial charge in [-0.25, -0.2) is 0 Å². The molecule has 25 heavy (non-hydrogen) atoms. The number of hydrogen-bond acceptors (Lipinski definition) is 4. The lowest BCUT2D eigenvalue weighted by Crippen LogP contribution is -2.28. The minimum Gasteiger partial charge on any atom is -0.454 e. The van der Waals surface area contributed by atoms with E-state index in [2.05, 4.69) is 36.5 Å². The van der Waals surface area contributed by atoms with Crippen LogP contribution in [0, 0.1) is 0 Å². The number of amides is 1. The Kier molecular flexibility index (Phi) is 5.87. The highest BCUT2D eigenvalue weighted by Crippen LogP contribution is 2.33. The van der Waals surface area contributed by atoms with Gasteiger partial charge in [-0.2, -0.15) is 0 Å². The molecular weight excluding hydrogens is 334 g/mol. The molecule has 1 atom stereocenters. The Labute approximate surface area is 152 Å². The molecule has 0 unspecified atom stereocenters. The van der Waals surface area contributed by atoms with Crippen LogP contribution in [0.5, 0.6) is 11.5 Å². The van der Waals surface area contributed by atoms with E-state index in [1.165, 1.54) is 5.56 Å².